The summed E-state index contributed by atoms with van der Waals surface area (Å²) >= 11 is 3.45. The number of carbonyl (C=O) groups excluding carboxylic acids is 1. The van der Waals surface area contributed by atoms with Crippen molar-refractivity contribution in [3.8, 4) is 5.75 Å². The molecular formula is C24H24BrN3O3. The first-order valence-electron chi connectivity index (χ1n) is 10.2. The summed E-state index contributed by atoms with van der Waals surface area (Å²) in [5, 5.41) is 6.31. The van der Waals surface area contributed by atoms with Crippen LogP contribution in [-0.2, 0) is 16.1 Å². The Kier molecular flexibility index (Phi) is 7.30. The van der Waals surface area contributed by atoms with Crippen LogP contribution in [0, 0.1) is 0 Å². The van der Waals surface area contributed by atoms with Gasteiger partial charge in [-0.3, -0.25) is 9.69 Å². The minimum Gasteiger partial charge on any atom is -0.488 e. The quantitative estimate of drug-likeness (QED) is 0.409. The first kappa shape index (κ1) is 21.5. The lowest BCUT2D eigenvalue weighted by molar-refractivity contribution is -0.123. The average molecular weight is 482 g/mol. The molecule has 0 bridgehead atoms. The first-order valence-corrected chi connectivity index (χ1v) is 11.0. The van der Waals surface area contributed by atoms with E-state index in [1.165, 1.54) is 0 Å². The van der Waals surface area contributed by atoms with Crippen molar-refractivity contribution >= 4 is 38.8 Å². The van der Waals surface area contributed by atoms with Crippen LogP contribution < -0.4 is 10.2 Å². The molecular weight excluding hydrogens is 458 g/mol. The van der Waals surface area contributed by atoms with Gasteiger partial charge in [-0.1, -0.05) is 58.4 Å². The highest BCUT2D eigenvalue weighted by Crippen LogP contribution is 2.27. The monoisotopic (exact) mass is 481 g/mol. The minimum atomic E-state index is -0.143. The van der Waals surface area contributed by atoms with Crippen molar-refractivity contribution in [3.63, 3.8) is 0 Å². The van der Waals surface area contributed by atoms with Crippen LogP contribution in [0.1, 0.15) is 11.1 Å². The molecule has 160 valence electrons. The number of morpholine rings is 1. The molecule has 0 radical (unpaired) electrons. The van der Waals surface area contributed by atoms with Crippen LogP contribution in [0.15, 0.2) is 70.2 Å². The Labute approximate surface area is 190 Å². The van der Waals surface area contributed by atoms with Crippen LogP contribution >= 0.6 is 15.9 Å². The van der Waals surface area contributed by atoms with Gasteiger partial charge in [0.25, 0.3) is 5.91 Å². The van der Waals surface area contributed by atoms with Crippen LogP contribution in [0.4, 0.5) is 0 Å². The second kappa shape index (κ2) is 10.5. The summed E-state index contributed by atoms with van der Waals surface area (Å²) in [6.07, 6.45) is 1.66. The third-order valence-corrected chi connectivity index (χ3v) is 5.62. The fourth-order valence-corrected chi connectivity index (χ4v) is 3.71. The summed E-state index contributed by atoms with van der Waals surface area (Å²) in [6, 6.07) is 20.0. The van der Waals surface area contributed by atoms with E-state index in [-0.39, 0.29) is 5.91 Å². The molecule has 0 saturated carbocycles. The maximum Gasteiger partial charge on any atom is 0.254 e. The number of nitrogens with zero attached hydrogens (tertiary/aromatic N) is 2. The number of fused-ring (bicyclic) bond motifs is 1. The van der Waals surface area contributed by atoms with Crippen LogP contribution in [0.25, 0.3) is 10.8 Å². The predicted octanol–water partition coefficient (Wildman–Crippen LogP) is 3.96. The van der Waals surface area contributed by atoms with Gasteiger partial charge in [0.1, 0.15) is 12.4 Å². The molecule has 0 atom stereocenters. The Morgan fingerprint density at radius 3 is 2.68 bits per heavy atom. The number of hydrogen-bond acceptors (Lipinski definition) is 5. The third-order valence-electron chi connectivity index (χ3n) is 5.09. The van der Waals surface area contributed by atoms with Crippen LogP contribution in [0.3, 0.4) is 0 Å². The molecule has 1 aliphatic rings. The van der Waals surface area contributed by atoms with Crippen LogP contribution in [-0.4, -0.2) is 49.9 Å². The molecule has 0 spiro atoms. The molecule has 4 rings (SSSR count). The Hall–Kier alpha value is -2.74. The van der Waals surface area contributed by atoms with E-state index in [0.29, 0.717) is 32.1 Å². The third kappa shape index (κ3) is 5.91. The largest absolute Gasteiger partial charge is 0.488 e. The second-order valence-electron chi connectivity index (χ2n) is 7.30. The van der Waals surface area contributed by atoms with Crippen molar-refractivity contribution in [1.82, 2.24) is 10.3 Å². The highest BCUT2D eigenvalue weighted by Gasteiger charge is 2.14. The van der Waals surface area contributed by atoms with E-state index in [0.717, 1.165) is 39.5 Å². The zero-order valence-electron chi connectivity index (χ0n) is 17.1. The highest BCUT2D eigenvalue weighted by molar-refractivity contribution is 9.10. The first-order chi connectivity index (χ1) is 15.2. The molecule has 1 amide bonds. The summed E-state index contributed by atoms with van der Waals surface area (Å²) in [7, 11) is 0. The molecule has 7 heteroatoms. The smallest absolute Gasteiger partial charge is 0.254 e. The zero-order chi connectivity index (χ0) is 21.5. The molecule has 1 heterocycles. The van der Waals surface area contributed by atoms with Gasteiger partial charge in [-0.25, -0.2) is 5.43 Å². The van der Waals surface area contributed by atoms with E-state index in [1.54, 1.807) is 6.21 Å². The van der Waals surface area contributed by atoms with Gasteiger partial charge in [0, 0.05) is 23.1 Å². The second-order valence-corrected chi connectivity index (χ2v) is 8.21. The molecule has 0 aliphatic carbocycles. The van der Waals surface area contributed by atoms with Gasteiger partial charge in [-0.05, 0) is 34.5 Å². The van der Waals surface area contributed by atoms with Gasteiger partial charge >= 0.3 is 0 Å². The van der Waals surface area contributed by atoms with Gasteiger partial charge in [0.2, 0.25) is 0 Å². The summed E-state index contributed by atoms with van der Waals surface area (Å²) in [4.78, 5) is 14.3. The molecule has 1 aliphatic heterocycles. The number of hydrazone groups is 1. The fourth-order valence-electron chi connectivity index (χ4n) is 3.44. The zero-order valence-corrected chi connectivity index (χ0v) is 18.7. The molecule has 3 aromatic rings. The number of ether oxygens (including phenoxy) is 2. The normalized spacial score (nSPS) is 14.7. The van der Waals surface area contributed by atoms with E-state index in [4.69, 9.17) is 9.47 Å². The Morgan fingerprint density at radius 2 is 1.87 bits per heavy atom. The summed E-state index contributed by atoms with van der Waals surface area (Å²) in [6.45, 7) is 3.58. The summed E-state index contributed by atoms with van der Waals surface area (Å²) < 4.78 is 12.5. The van der Waals surface area contributed by atoms with E-state index in [2.05, 4.69) is 31.4 Å². The maximum atomic E-state index is 12.2. The van der Waals surface area contributed by atoms with E-state index in [1.807, 2.05) is 60.7 Å². The number of halogens is 1. The van der Waals surface area contributed by atoms with E-state index < -0.39 is 0 Å². The van der Waals surface area contributed by atoms with E-state index in [9.17, 15) is 4.79 Å². The molecule has 0 unspecified atom stereocenters. The van der Waals surface area contributed by atoms with Crippen molar-refractivity contribution < 1.29 is 14.3 Å². The number of carbonyl (C=O) groups is 1. The minimum absolute atomic E-state index is 0.143. The van der Waals surface area contributed by atoms with Crippen molar-refractivity contribution in [1.29, 1.82) is 0 Å². The fraction of sp³-hybridized carbons (Fsp3) is 0.250. The Bertz CT molecular complexity index is 1060. The van der Waals surface area contributed by atoms with Crippen molar-refractivity contribution in [2.45, 2.75) is 6.61 Å². The van der Waals surface area contributed by atoms with Gasteiger partial charge in [0.15, 0.2) is 0 Å². The molecule has 3 aromatic carbocycles. The molecule has 1 saturated heterocycles. The molecule has 1 fully saturated rings. The van der Waals surface area contributed by atoms with Gasteiger partial charge in [0.05, 0.1) is 26.0 Å². The average Bonchev–Trinajstić information content (AvgIpc) is 2.80. The van der Waals surface area contributed by atoms with Crippen molar-refractivity contribution in [2.24, 2.45) is 5.10 Å². The lowest BCUT2D eigenvalue weighted by atomic mass is 10.0. The van der Waals surface area contributed by atoms with Gasteiger partial charge in [-0.15, -0.1) is 0 Å². The lowest BCUT2D eigenvalue weighted by Gasteiger charge is -2.25. The van der Waals surface area contributed by atoms with Gasteiger partial charge in [-0.2, -0.15) is 5.10 Å². The van der Waals surface area contributed by atoms with Crippen molar-refractivity contribution in [2.75, 3.05) is 32.8 Å². The van der Waals surface area contributed by atoms with Crippen molar-refractivity contribution in [3.05, 3.63) is 76.3 Å². The molecule has 6 nitrogen and oxygen atoms in total. The van der Waals surface area contributed by atoms with Crippen LogP contribution in [0.2, 0.25) is 0 Å². The number of benzene rings is 3. The predicted molar refractivity (Wildman–Crippen MR) is 125 cm³/mol. The van der Waals surface area contributed by atoms with E-state index >= 15 is 0 Å². The number of hydrogen-bond donors (Lipinski definition) is 1. The highest BCUT2D eigenvalue weighted by atomic mass is 79.9. The number of rotatable bonds is 7. The summed E-state index contributed by atoms with van der Waals surface area (Å²) in [5.74, 6) is 0.573. The maximum absolute atomic E-state index is 12.2. The Balaban J connectivity index is 1.48. The Morgan fingerprint density at radius 1 is 1.10 bits per heavy atom. The van der Waals surface area contributed by atoms with Crippen LogP contribution in [0.5, 0.6) is 5.75 Å². The van der Waals surface area contributed by atoms with Gasteiger partial charge < -0.3 is 9.47 Å². The standard InChI is InChI=1S/C24H24BrN3O3/c25-20-8-5-18(6-9-20)17-31-23-10-7-19-3-1-2-4-21(19)22(23)15-26-27-24(29)16-28-11-13-30-14-12-28/h1-10,15H,11-14,16-17H2,(H,27,29)/b26-15-. The number of amides is 1. The number of nitrogens with one attached hydrogen (secondary N) is 1. The molecule has 0 aromatic heterocycles. The molecule has 1 N–H and O–H groups in total. The summed E-state index contributed by atoms with van der Waals surface area (Å²) in [5.41, 5.74) is 4.54. The SMILES string of the molecule is O=C(CN1CCOCC1)N/N=C\c1c(OCc2ccc(Br)cc2)ccc2ccccc12. The molecule has 31 heavy (non-hydrogen) atoms. The lowest BCUT2D eigenvalue weighted by Crippen LogP contribution is -2.42. The topological polar surface area (TPSA) is 63.2 Å².